The molecule has 1 saturated heterocycles. The molecule has 0 unspecified atom stereocenters. The van der Waals surface area contributed by atoms with Gasteiger partial charge in [-0.15, -0.1) is 24.0 Å². The molecule has 1 aliphatic rings. The Hall–Kier alpha value is -1.42. The summed E-state index contributed by atoms with van der Waals surface area (Å²) in [4.78, 5) is 25.1. The fraction of sp³-hybridized carbons (Fsp3) is 0.650. The third-order valence-corrected chi connectivity index (χ3v) is 5.09. The number of rotatable bonds is 7. The predicted molar refractivity (Wildman–Crippen MR) is 125 cm³/mol. The zero-order chi connectivity index (χ0) is 19.6. The van der Waals surface area contributed by atoms with E-state index in [1.807, 2.05) is 25.2 Å². The van der Waals surface area contributed by atoms with Crippen molar-refractivity contribution < 1.29 is 4.79 Å². The maximum Gasteiger partial charge on any atom is 0.241 e. The van der Waals surface area contributed by atoms with Crippen LogP contribution in [0.2, 0.25) is 0 Å². The number of pyridine rings is 1. The average molecular weight is 502 g/mol. The molecule has 1 aromatic rings. The van der Waals surface area contributed by atoms with Crippen LogP contribution in [-0.4, -0.2) is 79.0 Å². The number of guanidine groups is 1. The Balaban J connectivity index is 0.00000392. The van der Waals surface area contributed by atoms with Crippen molar-refractivity contribution >= 4 is 35.8 Å². The number of piperidine rings is 1. The van der Waals surface area contributed by atoms with E-state index in [0.29, 0.717) is 24.6 Å². The minimum Gasteiger partial charge on any atom is -0.354 e. The van der Waals surface area contributed by atoms with Gasteiger partial charge >= 0.3 is 0 Å². The fourth-order valence-corrected chi connectivity index (χ4v) is 3.20. The predicted octanol–water partition coefficient (Wildman–Crippen LogP) is 1.74. The zero-order valence-corrected chi connectivity index (χ0v) is 19.8. The summed E-state index contributed by atoms with van der Waals surface area (Å²) in [6.07, 6.45) is 4.72. The largest absolute Gasteiger partial charge is 0.354 e. The van der Waals surface area contributed by atoms with Gasteiger partial charge in [-0.25, -0.2) is 0 Å². The number of likely N-dealkylation sites (N-methyl/N-ethyl adjacent to an activating group) is 1. The van der Waals surface area contributed by atoms with Gasteiger partial charge in [0.05, 0.1) is 6.54 Å². The summed E-state index contributed by atoms with van der Waals surface area (Å²) >= 11 is 0. The number of amides is 1. The Bertz CT molecular complexity index is 602. The number of carbonyl (C=O) groups is 1. The van der Waals surface area contributed by atoms with Gasteiger partial charge in [-0.2, -0.15) is 0 Å². The number of likely N-dealkylation sites (tertiary alicyclic amines) is 1. The topological polar surface area (TPSA) is 72.9 Å². The van der Waals surface area contributed by atoms with Crippen molar-refractivity contribution in [3.63, 3.8) is 0 Å². The minimum absolute atomic E-state index is 0. The Kier molecular flexibility index (Phi) is 11.4. The third-order valence-electron chi connectivity index (χ3n) is 5.09. The summed E-state index contributed by atoms with van der Waals surface area (Å²) in [6.45, 7) is 7.57. The minimum atomic E-state index is 0. The summed E-state index contributed by atoms with van der Waals surface area (Å²) in [6, 6.07) is 6.85. The van der Waals surface area contributed by atoms with E-state index in [1.54, 1.807) is 18.1 Å². The maximum absolute atomic E-state index is 12.3. The molecule has 0 radical (unpaired) electrons. The van der Waals surface area contributed by atoms with Crippen LogP contribution in [0.15, 0.2) is 29.4 Å². The molecule has 1 amide bonds. The molecule has 2 rings (SSSR count). The van der Waals surface area contributed by atoms with Gasteiger partial charge in [-0.3, -0.25) is 14.8 Å². The molecular weight excluding hydrogens is 467 g/mol. The number of nitrogens with zero attached hydrogens (tertiary/aromatic N) is 4. The van der Waals surface area contributed by atoms with Crippen molar-refractivity contribution in [3.8, 4) is 0 Å². The van der Waals surface area contributed by atoms with Gasteiger partial charge < -0.3 is 20.4 Å². The zero-order valence-electron chi connectivity index (χ0n) is 17.5. The Morgan fingerprint density at radius 2 is 2.07 bits per heavy atom. The van der Waals surface area contributed by atoms with Crippen molar-refractivity contribution in [1.82, 2.24) is 25.4 Å². The SMILES string of the molecule is CN=C(NCC(=O)N(C)CCc1ccccn1)NC1CCN(C(C)C)CC1.I. The summed E-state index contributed by atoms with van der Waals surface area (Å²) in [5.41, 5.74) is 0.996. The van der Waals surface area contributed by atoms with Gasteiger partial charge in [0.2, 0.25) is 5.91 Å². The van der Waals surface area contributed by atoms with E-state index in [2.05, 4.69) is 39.4 Å². The molecule has 0 saturated carbocycles. The first-order valence-electron chi connectivity index (χ1n) is 9.84. The maximum atomic E-state index is 12.3. The lowest BCUT2D eigenvalue weighted by Crippen LogP contribution is -2.51. The highest BCUT2D eigenvalue weighted by Gasteiger charge is 2.21. The lowest BCUT2D eigenvalue weighted by molar-refractivity contribution is -0.128. The van der Waals surface area contributed by atoms with Crippen molar-refractivity contribution in [2.45, 2.75) is 45.2 Å². The number of hydrogen-bond acceptors (Lipinski definition) is 4. The number of halogens is 1. The number of hydrogen-bond donors (Lipinski definition) is 2. The van der Waals surface area contributed by atoms with Gasteiger partial charge in [-0.1, -0.05) is 6.07 Å². The Morgan fingerprint density at radius 1 is 1.36 bits per heavy atom. The molecule has 0 aromatic carbocycles. The van der Waals surface area contributed by atoms with Crippen molar-refractivity contribution in [1.29, 1.82) is 0 Å². The number of nitrogens with one attached hydrogen (secondary N) is 2. The fourth-order valence-electron chi connectivity index (χ4n) is 3.20. The normalized spacial score (nSPS) is 15.8. The molecule has 28 heavy (non-hydrogen) atoms. The third kappa shape index (κ3) is 8.30. The smallest absolute Gasteiger partial charge is 0.241 e. The van der Waals surface area contributed by atoms with E-state index in [9.17, 15) is 4.79 Å². The Labute approximate surface area is 186 Å². The molecule has 1 aromatic heterocycles. The lowest BCUT2D eigenvalue weighted by Gasteiger charge is -2.35. The van der Waals surface area contributed by atoms with E-state index < -0.39 is 0 Å². The molecular formula is C20H35IN6O. The van der Waals surface area contributed by atoms with Crippen molar-refractivity contribution in [2.75, 3.05) is 40.3 Å². The summed E-state index contributed by atoms with van der Waals surface area (Å²) in [5, 5.41) is 6.60. The van der Waals surface area contributed by atoms with E-state index in [-0.39, 0.29) is 36.4 Å². The molecule has 2 N–H and O–H groups in total. The van der Waals surface area contributed by atoms with E-state index in [4.69, 9.17) is 0 Å². The van der Waals surface area contributed by atoms with Gasteiger partial charge in [0.25, 0.3) is 0 Å². The molecule has 158 valence electrons. The highest BCUT2D eigenvalue weighted by molar-refractivity contribution is 14.0. The molecule has 1 aliphatic heterocycles. The van der Waals surface area contributed by atoms with Crippen LogP contribution >= 0.6 is 24.0 Å². The van der Waals surface area contributed by atoms with Gasteiger partial charge in [0.1, 0.15) is 0 Å². The molecule has 7 nitrogen and oxygen atoms in total. The molecule has 0 aliphatic carbocycles. The van der Waals surface area contributed by atoms with Crippen molar-refractivity contribution in [2.24, 2.45) is 4.99 Å². The summed E-state index contributed by atoms with van der Waals surface area (Å²) in [7, 11) is 3.57. The monoisotopic (exact) mass is 502 g/mol. The van der Waals surface area contributed by atoms with Crippen molar-refractivity contribution in [3.05, 3.63) is 30.1 Å². The molecule has 0 bridgehead atoms. The lowest BCUT2D eigenvalue weighted by atomic mass is 10.0. The van der Waals surface area contributed by atoms with Crippen LogP contribution in [0.5, 0.6) is 0 Å². The average Bonchev–Trinajstić information content (AvgIpc) is 2.70. The van der Waals surface area contributed by atoms with Gasteiger partial charge in [-0.05, 0) is 38.8 Å². The van der Waals surface area contributed by atoms with Crippen LogP contribution < -0.4 is 10.6 Å². The van der Waals surface area contributed by atoms with Gasteiger partial charge in [0.15, 0.2) is 5.96 Å². The first kappa shape index (κ1) is 24.6. The first-order valence-corrected chi connectivity index (χ1v) is 9.84. The van der Waals surface area contributed by atoms with Crippen LogP contribution in [0.1, 0.15) is 32.4 Å². The van der Waals surface area contributed by atoms with E-state index >= 15 is 0 Å². The van der Waals surface area contributed by atoms with Crippen LogP contribution in [0.25, 0.3) is 0 Å². The molecule has 8 heteroatoms. The summed E-state index contributed by atoms with van der Waals surface area (Å²) < 4.78 is 0. The second-order valence-electron chi connectivity index (χ2n) is 7.36. The van der Waals surface area contributed by atoms with E-state index in [1.165, 1.54) is 0 Å². The molecule has 2 heterocycles. The van der Waals surface area contributed by atoms with E-state index in [0.717, 1.165) is 38.0 Å². The quantitative estimate of drug-likeness (QED) is 0.338. The molecule has 1 fully saturated rings. The highest BCUT2D eigenvalue weighted by Crippen LogP contribution is 2.12. The van der Waals surface area contributed by atoms with Crippen LogP contribution in [0.4, 0.5) is 0 Å². The summed E-state index contributed by atoms with van der Waals surface area (Å²) in [5.74, 6) is 0.744. The van der Waals surface area contributed by atoms with Crippen LogP contribution in [-0.2, 0) is 11.2 Å². The number of aliphatic imine (C=N–C) groups is 1. The van der Waals surface area contributed by atoms with Gasteiger partial charge in [0, 0.05) is 64.1 Å². The second-order valence-corrected chi connectivity index (χ2v) is 7.36. The number of aromatic nitrogens is 1. The first-order chi connectivity index (χ1) is 13.0. The molecule has 0 spiro atoms. The Morgan fingerprint density at radius 3 is 2.64 bits per heavy atom. The van der Waals surface area contributed by atoms with Crippen LogP contribution in [0.3, 0.4) is 0 Å². The number of carbonyl (C=O) groups excluding carboxylic acids is 1. The molecule has 0 atom stereocenters. The highest BCUT2D eigenvalue weighted by atomic mass is 127. The van der Waals surface area contributed by atoms with Crippen LogP contribution in [0, 0.1) is 0 Å². The second kappa shape index (κ2) is 12.9. The standard InChI is InChI=1S/C20H34N6O.HI/c1-16(2)26-13-9-18(10-14-26)24-20(21-3)23-15-19(27)25(4)12-8-17-7-5-6-11-22-17;/h5-7,11,16,18H,8-10,12-15H2,1-4H3,(H2,21,23,24);1H.